The summed E-state index contributed by atoms with van der Waals surface area (Å²) in [5, 5.41) is 12.2. The summed E-state index contributed by atoms with van der Waals surface area (Å²) in [6.45, 7) is 5.74. The predicted octanol–water partition coefficient (Wildman–Crippen LogP) is 4.33. The minimum atomic E-state index is -0.143. The maximum Gasteiger partial charge on any atom is 0.251 e. The van der Waals surface area contributed by atoms with Gasteiger partial charge in [-0.3, -0.25) is 4.79 Å². The van der Waals surface area contributed by atoms with Crippen LogP contribution in [0, 0.1) is 0 Å². The standard InChI is InChI=1S/C22H29NO4/c1-3-5-6-15-27-21-16-18(9-12-20(21)26-4-2)22(25)23-14-13-17-7-10-19(24)11-8-17/h7-12,16,24H,3-6,13-15H2,1-2H3,(H,23,25). The van der Waals surface area contributed by atoms with Gasteiger partial charge in [0.05, 0.1) is 13.2 Å². The van der Waals surface area contributed by atoms with E-state index in [-0.39, 0.29) is 11.7 Å². The molecule has 5 nitrogen and oxygen atoms in total. The molecule has 0 saturated heterocycles. The van der Waals surface area contributed by atoms with Gasteiger partial charge in [-0.1, -0.05) is 31.9 Å². The van der Waals surface area contributed by atoms with Gasteiger partial charge < -0.3 is 19.9 Å². The molecule has 0 atom stereocenters. The van der Waals surface area contributed by atoms with Crippen LogP contribution in [0.15, 0.2) is 42.5 Å². The Hall–Kier alpha value is -2.69. The maximum atomic E-state index is 12.4. The summed E-state index contributed by atoms with van der Waals surface area (Å²) in [5.41, 5.74) is 1.61. The smallest absolute Gasteiger partial charge is 0.251 e. The Labute approximate surface area is 161 Å². The van der Waals surface area contributed by atoms with E-state index in [2.05, 4.69) is 12.2 Å². The number of ether oxygens (including phenoxy) is 2. The van der Waals surface area contributed by atoms with Crippen molar-refractivity contribution < 1.29 is 19.4 Å². The van der Waals surface area contributed by atoms with Gasteiger partial charge in [0.1, 0.15) is 5.75 Å². The number of phenols is 1. The largest absolute Gasteiger partial charge is 0.508 e. The molecular weight excluding hydrogens is 342 g/mol. The third-order valence-corrected chi connectivity index (χ3v) is 4.15. The van der Waals surface area contributed by atoms with Crippen molar-refractivity contribution in [3.63, 3.8) is 0 Å². The second-order valence-electron chi connectivity index (χ2n) is 6.32. The van der Waals surface area contributed by atoms with Gasteiger partial charge in [0.2, 0.25) is 0 Å². The van der Waals surface area contributed by atoms with Crippen LogP contribution < -0.4 is 14.8 Å². The van der Waals surface area contributed by atoms with E-state index in [1.165, 1.54) is 0 Å². The number of rotatable bonds is 11. The van der Waals surface area contributed by atoms with Crippen LogP contribution in [0.4, 0.5) is 0 Å². The molecule has 0 radical (unpaired) electrons. The van der Waals surface area contributed by atoms with Crippen LogP contribution in [0.25, 0.3) is 0 Å². The first-order valence-corrected chi connectivity index (χ1v) is 9.59. The summed E-state index contributed by atoms with van der Waals surface area (Å²) in [6, 6.07) is 12.3. The number of nitrogens with one attached hydrogen (secondary N) is 1. The lowest BCUT2D eigenvalue weighted by atomic mass is 10.1. The average Bonchev–Trinajstić information content (AvgIpc) is 2.68. The molecule has 0 fully saturated rings. The highest BCUT2D eigenvalue weighted by Crippen LogP contribution is 2.28. The lowest BCUT2D eigenvalue weighted by Gasteiger charge is -2.13. The molecule has 1 amide bonds. The van der Waals surface area contributed by atoms with Gasteiger partial charge in [-0.2, -0.15) is 0 Å². The topological polar surface area (TPSA) is 67.8 Å². The first kappa shape index (κ1) is 20.6. The molecule has 0 aliphatic carbocycles. The molecule has 0 aromatic heterocycles. The highest BCUT2D eigenvalue weighted by molar-refractivity contribution is 5.94. The zero-order valence-corrected chi connectivity index (χ0v) is 16.2. The molecular formula is C22H29NO4. The molecule has 2 aromatic carbocycles. The Morgan fingerprint density at radius 1 is 1.00 bits per heavy atom. The van der Waals surface area contributed by atoms with E-state index >= 15 is 0 Å². The molecule has 0 heterocycles. The van der Waals surface area contributed by atoms with Crippen molar-refractivity contribution in [2.45, 2.75) is 39.5 Å². The Morgan fingerprint density at radius 3 is 2.48 bits per heavy atom. The average molecular weight is 371 g/mol. The number of carbonyl (C=O) groups is 1. The zero-order valence-electron chi connectivity index (χ0n) is 16.2. The summed E-state index contributed by atoms with van der Waals surface area (Å²) >= 11 is 0. The number of hydrogen-bond acceptors (Lipinski definition) is 4. The fourth-order valence-electron chi connectivity index (χ4n) is 2.66. The maximum absolute atomic E-state index is 12.4. The number of phenolic OH excluding ortho intramolecular Hbond substituents is 1. The normalized spacial score (nSPS) is 10.4. The molecule has 0 spiro atoms. The monoisotopic (exact) mass is 371 g/mol. The summed E-state index contributed by atoms with van der Waals surface area (Å²) in [6.07, 6.45) is 3.92. The summed E-state index contributed by atoms with van der Waals surface area (Å²) in [4.78, 5) is 12.4. The van der Waals surface area contributed by atoms with Crippen LogP contribution in [0.1, 0.15) is 49.0 Å². The Balaban J connectivity index is 1.94. The number of amides is 1. The second kappa shape index (κ2) is 11.1. The predicted molar refractivity (Wildman–Crippen MR) is 107 cm³/mol. The van der Waals surface area contributed by atoms with E-state index in [0.29, 0.717) is 43.2 Å². The van der Waals surface area contributed by atoms with Gasteiger partial charge in [-0.15, -0.1) is 0 Å². The van der Waals surface area contributed by atoms with Crippen LogP contribution >= 0.6 is 0 Å². The molecule has 0 bridgehead atoms. The minimum Gasteiger partial charge on any atom is -0.508 e. The fraction of sp³-hybridized carbons (Fsp3) is 0.409. The van der Waals surface area contributed by atoms with Gasteiger partial charge in [0, 0.05) is 12.1 Å². The zero-order chi connectivity index (χ0) is 19.5. The number of hydrogen-bond donors (Lipinski definition) is 2. The van der Waals surface area contributed by atoms with Crippen molar-refractivity contribution in [3.05, 3.63) is 53.6 Å². The van der Waals surface area contributed by atoms with E-state index < -0.39 is 0 Å². The van der Waals surface area contributed by atoms with Crippen molar-refractivity contribution in [2.24, 2.45) is 0 Å². The lowest BCUT2D eigenvalue weighted by molar-refractivity contribution is 0.0953. The van der Waals surface area contributed by atoms with Crippen molar-refractivity contribution in [3.8, 4) is 17.2 Å². The third-order valence-electron chi connectivity index (χ3n) is 4.15. The Bertz CT molecular complexity index is 713. The molecule has 2 aromatic rings. The van der Waals surface area contributed by atoms with Gasteiger partial charge in [-0.25, -0.2) is 0 Å². The molecule has 0 unspecified atom stereocenters. The minimum absolute atomic E-state index is 0.143. The van der Waals surface area contributed by atoms with Crippen LogP contribution in [-0.2, 0) is 6.42 Å². The molecule has 0 saturated carbocycles. The first-order valence-electron chi connectivity index (χ1n) is 9.59. The van der Waals surface area contributed by atoms with Gasteiger partial charge in [0.15, 0.2) is 11.5 Å². The van der Waals surface area contributed by atoms with Gasteiger partial charge >= 0.3 is 0 Å². The van der Waals surface area contributed by atoms with Crippen LogP contribution in [0.2, 0.25) is 0 Å². The number of benzene rings is 2. The molecule has 2 rings (SSSR count). The highest BCUT2D eigenvalue weighted by Gasteiger charge is 2.11. The van der Waals surface area contributed by atoms with E-state index in [1.807, 2.05) is 19.1 Å². The third kappa shape index (κ3) is 6.85. The Morgan fingerprint density at radius 2 is 1.78 bits per heavy atom. The summed E-state index contributed by atoms with van der Waals surface area (Å²) < 4.78 is 11.4. The number of aromatic hydroxyl groups is 1. The van der Waals surface area contributed by atoms with E-state index in [4.69, 9.17) is 9.47 Å². The SMILES string of the molecule is CCCCCOc1cc(C(=O)NCCc2ccc(O)cc2)ccc1OCC. The second-order valence-corrected chi connectivity index (χ2v) is 6.32. The highest BCUT2D eigenvalue weighted by atomic mass is 16.5. The van der Waals surface area contributed by atoms with E-state index in [9.17, 15) is 9.90 Å². The van der Waals surface area contributed by atoms with Crippen molar-refractivity contribution in [1.29, 1.82) is 0 Å². The van der Waals surface area contributed by atoms with Crippen molar-refractivity contribution in [2.75, 3.05) is 19.8 Å². The van der Waals surface area contributed by atoms with Crippen LogP contribution in [0.5, 0.6) is 17.2 Å². The van der Waals surface area contributed by atoms with Crippen molar-refractivity contribution >= 4 is 5.91 Å². The molecule has 27 heavy (non-hydrogen) atoms. The Kier molecular flexibility index (Phi) is 8.49. The van der Waals surface area contributed by atoms with E-state index in [1.54, 1.807) is 30.3 Å². The van der Waals surface area contributed by atoms with Crippen LogP contribution in [-0.4, -0.2) is 30.8 Å². The molecule has 5 heteroatoms. The first-order chi connectivity index (χ1) is 13.1. The van der Waals surface area contributed by atoms with Gasteiger partial charge in [0.25, 0.3) is 5.91 Å². The number of unbranched alkanes of at least 4 members (excludes halogenated alkanes) is 2. The molecule has 2 N–H and O–H groups in total. The van der Waals surface area contributed by atoms with Crippen molar-refractivity contribution in [1.82, 2.24) is 5.32 Å². The summed E-state index contributed by atoms with van der Waals surface area (Å²) in [7, 11) is 0. The van der Waals surface area contributed by atoms with E-state index in [0.717, 1.165) is 24.8 Å². The van der Waals surface area contributed by atoms with Gasteiger partial charge in [-0.05, 0) is 55.7 Å². The quantitative estimate of drug-likeness (QED) is 0.577. The summed E-state index contributed by atoms with van der Waals surface area (Å²) in [5.74, 6) is 1.37. The number of carbonyl (C=O) groups excluding carboxylic acids is 1. The molecule has 0 aliphatic rings. The lowest BCUT2D eigenvalue weighted by Crippen LogP contribution is -2.25. The fourth-order valence-corrected chi connectivity index (χ4v) is 2.66. The van der Waals surface area contributed by atoms with Crippen LogP contribution in [0.3, 0.4) is 0 Å². The molecule has 146 valence electrons. The molecule has 0 aliphatic heterocycles.